The second-order valence-corrected chi connectivity index (χ2v) is 5.86. The second-order valence-electron chi connectivity index (χ2n) is 4.80. The van der Waals surface area contributed by atoms with E-state index >= 15 is 0 Å². The quantitative estimate of drug-likeness (QED) is 0.933. The van der Waals surface area contributed by atoms with Crippen molar-refractivity contribution < 1.29 is 4.79 Å². The lowest BCUT2D eigenvalue weighted by molar-refractivity contribution is -0.120. The summed E-state index contributed by atoms with van der Waals surface area (Å²) in [5.74, 6) is -0.0718. The van der Waals surface area contributed by atoms with Crippen LogP contribution < -0.4 is 5.32 Å². The molecule has 5 heteroatoms. The normalized spacial score (nSPS) is 11.3. The number of carbonyl (C=O) groups excluding carboxylic acids is 1. The van der Waals surface area contributed by atoms with Gasteiger partial charge in [0.05, 0.1) is 5.41 Å². The van der Waals surface area contributed by atoms with Crippen molar-refractivity contribution in [2.75, 3.05) is 5.32 Å². The number of amides is 1. The summed E-state index contributed by atoms with van der Waals surface area (Å²) in [6.07, 6.45) is 0.829. The molecule has 1 aromatic carbocycles. The van der Waals surface area contributed by atoms with Crippen molar-refractivity contribution in [1.29, 1.82) is 0 Å². The first kappa shape index (κ1) is 13.7. The van der Waals surface area contributed by atoms with Crippen LogP contribution in [0.3, 0.4) is 0 Å². The number of benzene rings is 1. The summed E-state index contributed by atoms with van der Waals surface area (Å²) in [4.78, 5) is 12.4. The maximum atomic E-state index is 12.4. The van der Waals surface area contributed by atoms with Crippen LogP contribution in [0.15, 0.2) is 30.3 Å². The second kappa shape index (κ2) is 5.48. The number of anilines is 1. The van der Waals surface area contributed by atoms with E-state index in [1.165, 1.54) is 11.3 Å². The van der Waals surface area contributed by atoms with Crippen molar-refractivity contribution >= 4 is 22.4 Å². The Morgan fingerprint density at radius 2 is 1.95 bits per heavy atom. The topological polar surface area (TPSA) is 54.9 Å². The molecule has 0 saturated heterocycles. The summed E-state index contributed by atoms with van der Waals surface area (Å²) >= 11 is 1.42. The molecule has 1 amide bonds. The van der Waals surface area contributed by atoms with E-state index in [0.29, 0.717) is 5.13 Å². The minimum absolute atomic E-state index is 0.0718. The first-order valence-electron chi connectivity index (χ1n) is 6.23. The number of hydrogen-bond acceptors (Lipinski definition) is 4. The average Bonchev–Trinajstić information content (AvgIpc) is 2.87. The van der Waals surface area contributed by atoms with Gasteiger partial charge in [0, 0.05) is 0 Å². The third kappa shape index (κ3) is 2.98. The Bertz CT molecular complexity index is 563. The number of hydrogen-bond donors (Lipinski definition) is 1. The van der Waals surface area contributed by atoms with Crippen LogP contribution in [-0.4, -0.2) is 16.1 Å². The van der Waals surface area contributed by atoms with E-state index in [-0.39, 0.29) is 5.91 Å². The summed E-state index contributed by atoms with van der Waals surface area (Å²) in [6.45, 7) is 5.82. The maximum Gasteiger partial charge on any atom is 0.236 e. The van der Waals surface area contributed by atoms with Crippen LogP contribution in [0.1, 0.15) is 31.3 Å². The third-order valence-electron chi connectivity index (χ3n) is 3.05. The Morgan fingerprint density at radius 1 is 1.26 bits per heavy atom. The van der Waals surface area contributed by atoms with Crippen LogP contribution in [0, 0.1) is 0 Å². The molecule has 100 valence electrons. The number of nitrogens with zero attached hydrogens (tertiary/aromatic N) is 2. The van der Waals surface area contributed by atoms with Crippen LogP contribution in [0.4, 0.5) is 5.13 Å². The lowest BCUT2D eigenvalue weighted by Gasteiger charge is -2.23. The van der Waals surface area contributed by atoms with Crippen molar-refractivity contribution in [1.82, 2.24) is 10.2 Å². The lowest BCUT2D eigenvalue weighted by atomic mass is 9.84. The van der Waals surface area contributed by atoms with Crippen molar-refractivity contribution in [2.45, 2.75) is 32.6 Å². The fourth-order valence-corrected chi connectivity index (χ4v) is 2.36. The Labute approximate surface area is 116 Å². The molecule has 1 aromatic heterocycles. The fraction of sp³-hybridized carbons (Fsp3) is 0.357. The highest BCUT2D eigenvalue weighted by atomic mass is 32.1. The van der Waals surface area contributed by atoms with E-state index in [9.17, 15) is 4.79 Å². The van der Waals surface area contributed by atoms with Crippen molar-refractivity contribution in [3.8, 4) is 0 Å². The van der Waals surface area contributed by atoms with Gasteiger partial charge in [-0.05, 0) is 25.8 Å². The molecule has 0 atom stereocenters. The van der Waals surface area contributed by atoms with Crippen molar-refractivity contribution in [2.24, 2.45) is 0 Å². The standard InChI is InChI=1S/C14H17N3OS/c1-4-11-16-17-13(19-11)15-12(18)14(2,3)10-8-6-5-7-9-10/h5-9H,4H2,1-3H3,(H,15,17,18). The zero-order chi connectivity index (χ0) is 13.9. The molecule has 0 spiro atoms. The Morgan fingerprint density at radius 3 is 2.53 bits per heavy atom. The van der Waals surface area contributed by atoms with Crippen LogP contribution >= 0.6 is 11.3 Å². The molecule has 4 nitrogen and oxygen atoms in total. The van der Waals surface area contributed by atoms with Gasteiger partial charge in [-0.25, -0.2) is 0 Å². The summed E-state index contributed by atoms with van der Waals surface area (Å²) in [5, 5.41) is 12.3. The van der Waals surface area contributed by atoms with Crippen LogP contribution in [0.5, 0.6) is 0 Å². The van der Waals surface area contributed by atoms with Gasteiger partial charge < -0.3 is 0 Å². The molecule has 0 saturated carbocycles. The van der Waals surface area contributed by atoms with E-state index in [0.717, 1.165) is 17.0 Å². The zero-order valence-electron chi connectivity index (χ0n) is 11.3. The largest absolute Gasteiger partial charge is 0.300 e. The minimum Gasteiger partial charge on any atom is -0.300 e. The third-order valence-corrected chi connectivity index (χ3v) is 4.04. The van der Waals surface area contributed by atoms with Crippen LogP contribution in [0.25, 0.3) is 0 Å². The van der Waals surface area contributed by atoms with Gasteiger partial charge in [-0.3, -0.25) is 10.1 Å². The minimum atomic E-state index is -0.598. The Hall–Kier alpha value is -1.75. The molecule has 2 aromatic rings. The summed E-state index contributed by atoms with van der Waals surface area (Å²) in [6, 6.07) is 9.72. The number of aromatic nitrogens is 2. The molecule has 1 heterocycles. The van der Waals surface area contributed by atoms with E-state index in [4.69, 9.17) is 0 Å². The number of aryl methyl sites for hydroxylation is 1. The predicted molar refractivity (Wildman–Crippen MR) is 77.4 cm³/mol. The molecule has 0 aliphatic heterocycles. The van der Waals surface area contributed by atoms with Crippen LogP contribution in [0.2, 0.25) is 0 Å². The summed E-state index contributed by atoms with van der Waals surface area (Å²) < 4.78 is 0. The predicted octanol–water partition coefficient (Wildman–Crippen LogP) is 3.02. The lowest BCUT2D eigenvalue weighted by Crippen LogP contribution is -2.34. The highest BCUT2D eigenvalue weighted by Gasteiger charge is 2.30. The molecule has 1 N–H and O–H groups in total. The molecular formula is C14H17N3OS. The van der Waals surface area contributed by atoms with Gasteiger partial charge in [-0.15, -0.1) is 10.2 Å². The molecule has 0 bridgehead atoms. The molecule has 19 heavy (non-hydrogen) atoms. The molecule has 0 unspecified atom stereocenters. The highest BCUT2D eigenvalue weighted by molar-refractivity contribution is 7.15. The molecule has 0 radical (unpaired) electrons. The van der Waals surface area contributed by atoms with Crippen molar-refractivity contribution in [3.05, 3.63) is 40.9 Å². The Kier molecular flexibility index (Phi) is 3.95. The van der Waals surface area contributed by atoms with Crippen molar-refractivity contribution in [3.63, 3.8) is 0 Å². The molecule has 0 fully saturated rings. The van der Waals surface area contributed by atoms with E-state index in [2.05, 4.69) is 15.5 Å². The smallest absolute Gasteiger partial charge is 0.236 e. The van der Waals surface area contributed by atoms with Gasteiger partial charge in [0.1, 0.15) is 5.01 Å². The van der Waals surface area contributed by atoms with Gasteiger partial charge >= 0.3 is 0 Å². The zero-order valence-corrected chi connectivity index (χ0v) is 12.1. The van der Waals surface area contributed by atoms with E-state index in [1.54, 1.807) is 0 Å². The monoisotopic (exact) mass is 275 g/mol. The first-order chi connectivity index (χ1) is 9.04. The average molecular weight is 275 g/mol. The summed E-state index contributed by atoms with van der Waals surface area (Å²) in [5.41, 5.74) is 0.381. The number of nitrogens with one attached hydrogen (secondary N) is 1. The van der Waals surface area contributed by atoms with Gasteiger partial charge in [0.15, 0.2) is 0 Å². The number of carbonyl (C=O) groups is 1. The summed E-state index contributed by atoms with van der Waals surface area (Å²) in [7, 11) is 0. The molecule has 0 aliphatic rings. The van der Waals surface area contributed by atoms with E-state index < -0.39 is 5.41 Å². The number of rotatable bonds is 4. The highest BCUT2D eigenvalue weighted by Crippen LogP contribution is 2.25. The van der Waals surface area contributed by atoms with Gasteiger partial charge in [-0.2, -0.15) is 0 Å². The fourth-order valence-electron chi connectivity index (χ4n) is 1.69. The van der Waals surface area contributed by atoms with Crippen LogP contribution in [-0.2, 0) is 16.6 Å². The maximum absolute atomic E-state index is 12.4. The van der Waals surface area contributed by atoms with Gasteiger partial charge in [0.2, 0.25) is 11.0 Å². The molecular weight excluding hydrogens is 258 g/mol. The SMILES string of the molecule is CCc1nnc(NC(=O)C(C)(C)c2ccccc2)s1. The first-order valence-corrected chi connectivity index (χ1v) is 7.05. The van der Waals surface area contributed by atoms with Gasteiger partial charge in [0.25, 0.3) is 0 Å². The Balaban J connectivity index is 2.15. The molecule has 2 rings (SSSR count). The molecule has 0 aliphatic carbocycles. The van der Waals surface area contributed by atoms with E-state index in [1.807, 2.05) is 51.1 Å². The van der Waals surface area contributed by atoms with Gasteiger partial charge in [-0.1, -0.05) is 48.6 Å².